The van der Waals surface area contributed by atoms with Crippen LogP contribution in [0.5, 0.6) is 0 Å². The second-order valence-corrected chi connectivity index (χ2v) is 6.54. The van der Waals surface area contributed by atoms with Gasteiger partial charge in [-0.05, 0) is 24.6 Å². The van der Waals surface area contributed by atoms with Crippen molar-refractivity contribution in [3.8, 4) is 0 Å². The SMILES string of the molecule is CO/N=C\Cc1sc(C=CC(OC)C(C)C(=CC(=O)O)OC)cc1C. The second kappa shape index (κ2) is 10.7. The first kappa shape index (κ1) is 20.9. The van der Waals surface area contributed by atoms with Crippen molar-refractivity contribution in [1.29, 1.82) is 0 Å². The van der Waals surface area contributed by atoms with E-state index in [-0.39, 0.29) is 12.0 Å². The summed E-state index contributed by atoms with van der Waals surface area (Å²) in [5, 5.41) is 12.7. The van der Waals surface area contributed by atoms with Gasteiger partial charge in [-0.1, -0.05) is 18.2 Å². The number of hydrogen-bond donors (Lipinski definition) is 1. The zero-order valence-electron chi connectivity index (χ0n) is 15.2. The maximum absolute atomic E-state index is 10.9. The summed E-state index contributed by atoms with van der Waals surface area (Å²) in [5.74, 6) is -0.904. The lowest BCUT2D eigenvalue weighted by atomic mass is 10.0. The predicted octanol–water partition coefficient (Wildman–Crippen LogP) is 3.51. The fraction of sp³-hybridized carbons (Fsp3) is 0.444. The lowest BCUT2D eigenvalue weighted by molar-refractivity contribution is -0.131. The van der Waals surface area contributed by atoms with Crippen LogP contribution in [0.1, 0.15) is 22.2 Å². The second-order valence-electron chi connectivity index (χ2n) is 5.37. The number of carboxylic acids is 1. The minimum absolute atomic E-state index is 0.225. The molecule has 1 aromatic heterocycles. The maximum atomic E-state index is 10.9. The highest BCUT2D eigenvalue weighted by Crippen LogP contribution is 2.25. The molecule has 0 aromatic carbocycles. The Morgan fingerprint density at radius 3 is 2.68 bits per heavy atom. The van der Waals surface area contributed by atoms with Gasteiger partial charge in [0.25, 0.3) is 0 Å². The van der Waals surface area contributed by atoms with Crippen LogP contribution in [-0.4, -0.2) is 44.7 Å². The molecule has 138 valence electrons. The number of aliphatic carboxylic acids is 1. The summed E-state index contributed by atoms with van der Waals surface area (Å²) in [6, 6.07) is 2.10. The summed E-state index contributed by atoms with van der Waals surface area (Å²) in [4.78, 5) is 17.9. The van der Waals surface area contributed by atoms with Crippen LogP contribution in [0.15, 0.2) is 29.1 Å². The summed E-state index contributed by atoms with van der Waals surface area (Å²) in [6.45, 7) is 3.92. The molecule has 1 aromatic rings. The average molecular weight is 367 g/mol. The van der Waals surface area contributed by atoms with Gasteiger partial charge in [0.15, 0.2) is 0 Å². The van der Waals surface area contributed by atoms with E-state index in [9.17, 15) is 4.79 Å². The molecule has 7 heteroatoms. The fourth-order valence-electron chi connectivity index (χ4n) is 2.32. The Balaban J connectivity index is 2.88. The van der Waals surface area contributed by atoms with E-state index in [4.69, 9.17) is 14.6 Å². The van der Waals surface area contributed by atoms with Crippen molar-refractivity contribution >= 4 is 29.6 Å². The number of hydrogen-bond acceptors (Lipinski definition) is 6. The van der Waals surface area contributed by atoms with Gasteiger partial charge in [0, 0.05) is 35.4 Å². The van der Waals surface area contributed by atoms with Crippen molar-refractivity contribution in [2.24, 2.45) is 11.1 Å². The van der Waals surface area contributed by atoms with Crippen LogP contribution in [0.3, 0.4) is 0 Å². The Hall–Kier alpha value is -2.12. The lowest BCUT2D eigenvalue weighted by Gasteiger charge is -2.21. The van der Waals surface area contributed by atoms with Gasteiger partial charge in [0.05, 0.1) is 19.3 Å². The summed E-state index contributed by atoms with van der Waals surface area (Å²) < 4.78 is 10.7. The Morgan fingerprint density at radius 2 is 2.12 bits per heavy atom. The Morgan fingerprint density at radius 1 is 1.40 bits per heavy atom. The van der Waals surface area contributed by atoms with Crippen molar-refractivity contribution in [3.05, 3.63) is 39.3 Å². The molecule has 1 heterocycles. The molecule has 1 N–H and O–H groups in total. The molecule has 0 amide bonds. The molecule has 0 radical (unpaired) electrons. The zero-order valence-corrected chi connectivity index (χ0v) is 16.0. The number of oxime groups is 1. The standard InChI is InChI=1S/C18H25NO5S/c1-12-10-14(25-17(12)8-9-19-24-5)6-7-15(22-3)13(2)16(23-4)11-18(20)21/h6-7,9-11,13,15H,8H2,1-5H3,(H,20,21)/b7-6?,16-11?,19-9-. The van der Waals surface area contributed by atoms with Crippen LogP contribution >= 0.6 is 11.3 Å². The van der Waals surface area contributed by atoms with Gasteiger partial charge < -0.3 is 19.4 Å². The molecule has 2 atom stereocenters. The molecule has 25 heavy (non-hydrogen) atoms. The molecule has 6 nitrogen and oxygen atoms in total. The van der Waals surface area contributed by atoms with Gasteiger partial charge in [-0.3, -0.25) is 0 Å². The van der Waals surface area contributed by atoms with Crippen LogP contribution in [0, 0.1) is 12.8 Å². The van der Waals surface area contributed by atoms with Crippen LogP contribution in [0.4, 0.5) is 0 Å². The van der Waals surface area contributed by atoms with E-state index in [1.807, 2.05) is 19.1 Å². The molecular formula is C18H25NO5S. The van der Waals surface area contributed by atoms with Crippen molar-refractivity contribution in [2.45, 2.75) is 26.4 Å². The summed E-state index contributed by atoms with van der Waals surface area (Å²) in [7, 11) is 4.56. The summed E-state index contributed by atoms with van der Waals surface area (Å²) in [5.41, 5.74) is 1.19. The van der Waals surface area contributed by atoms with E-state index >= 15 is 0 Å². The highest BCUT2D eigenvalue weighted by atomic mass is 32.1. The first-order valence-corrected chi connectivity index (χ1v) is 8.58. The number of rotatable bonds is 10. The molecule has 0 saturated heterocycles. The molecular weight excluding hydrogens is 342 g/mol. The number of ether oxygens (including phenoxy) is 2. The summed E-state index contributed by atoms with van der Waals surface area (Å²) in [6.07, 6.45) is 7.11. The minimum atomic E-state index is -1.04. The van der Waals surface area contributed by atoms with Crippen molar-refractivity contribution in [1.82, 2.24) is 0 Å². The van der Waals surface area contributed by atoms with E-state index in [1.54, 1.807) is 24.7 Å². The van der Waals surface area contributed by atoms with E-state index in [1.165, 1.54) is 24.7 Å². The van der Waals surface area contributed by atoms with Gasteiger partial charge in [-0.15, -0.1) is 11.3 Å². The van der Waals surface area contributed by atoms with Crippen LogP contribution in [-0.2, 0) is 25.5 Å². The third kappa shape index (κ3) is 6.72. The fourth-order valence-corrected chi connectivity index (χ4v) is 3.37. The van der Waals surface area contributed by atoms with Crippen molar-refractivity contribution < 1.29 is 24.2 Å². The van der Waals surface area contributed by atoms with E-state index in [0.29, 0.717) is 5.76 Å². The molecule has 1 rings (SSSR count). The minimum Gasteiger partial charge on any atom is -0.500 e. The smallest absolute Gasteiger partial charge is 0.331 e. The number of nitrogens with zero attached hydrogens (tertiary/aromatic N) is 1. The monoisotopic (exact) mass is 367 g/mol. The molecule has 0 bridgehead atoms. The van der Waals surface area contributed by atoms with E-state index < -0.39 is 5.97 Å². The van der Waals surface area contributed by atoms with Gasteiger partial charge in [0.2, 0.25) is 0 Å². The topological polar surface area (TPSA) is 77.4 Å². The average Bonchev–Trinajstić information content (AvgIpc) is 2.93. The van der Waals surface area contributed by atoms with Crippen molar-refractivity contribution in [3.63, 3.8) is 0 Å². The Labute approximate surface area is 152 Å². The molecule has 0 spiro atoms. The molecule has 2 unspecified atom stereocenters. The first-order chi connectivity index (χ1) is 11.9. The first-order valence-electron chi connectivity index (χ1n) is 7.76. The lowest BCUT2D eigenvalue weighted by Crippen LogP contribution is -2.21. The van der Waals surface area contributed by atoms with Crippen LogP contribution in [0.2, 0.25) is 0 Å². The third-order valence-electron chi connectivity index (χ3n) is 3.66. The predicted molar refractivity (Wildman–Crippen MR) is 100.0 cm³/mol. The third-order valence-corrected chi connectivity index (χ3v) is 4.89. The highest BCUT2D eigenvalue weighted by molar-refractivity contribution is 7.13. The molecule has 0 fully saturated rings. The van der Waals surface area contributed by atoms with Crippen LogP contribution < -0.4 is 0 Å². The highest BCUT2D eigenvalue weighted by Gasteiger charge is 2.20. The quantitative estimate of drug-likeness (QED) is 0.296. The van der Waals surface area contributed by atoms with E-state index in [0.717, 1.165) is 17.4 Å². The van der Waals surface area contributed by atoms with E-state index in [2.05, 4.69) is 23.0 Å². The zero-order chi connectivity index (χ0) is 18.8. The van der Waals surface area contributed by atoms with Gasteiger partial charge in [-0.2, -0.15) is 0 Å². The Kier molecular flexibility index (Phi) is 8.94. The molecule has 0 aliphatic heterocycles. The van der Waals surface area contributed by atoms with Crippen LogP contribution in [0.25, 0.3) is 6.08 Å². The van der Waals surface area contributed by atoms with Crippen molar-refractivity contribution in [2.75, 3.05) is 21.3 Å². The molecule has 0 aliphatic rings. The number of carboxylic acid groups (broad SMARTS) is 1. The number of methoxy groups -OCH3 is 2. The normalized spacial score (nSPS) is 14.8. The van der Waals surface area contributed by atoms with Gasteiger partial charge in [-0.25, -0.2) is 4.79 Å². The Bertz CT molecular complexity index is 648. The largest absolute Gasteiger partial charge is 0.500 e. The number of aryl methyl sites for hydroxylation is 1. The molecule has 0 saturated carbocycles. The number of carbonyl (C=O) groups is 1. The van der Waals surface area contributed by atoms with Gasteiger partial charge >= 0.3 is 5.97 Å². The summed E-state index contributed by atoms with van der Waals surface area (Å²) >= 11 is 1.67. The van der Waals surface area contributed by atoms with Gasteiger partial charge in [0.1, 0.15) is 12.9 Å². The molecule has 0 aliphatic carbocycles. The maximum Gasteiger partial charge on any atom is 0.331 e. The number of thiophene rings is 1.